The predicted octanol–water partition coefficient (Wildman–Crippen LogP) is 1.07. The van der Waals surface area contributed by atoms with Gasteiger partial charge in [0, 0.05) is 13.5 Å². The lowest BCUT2D eigenvalue weighted by Crippen LogP contribution is -2.25. The molecule has 1 rings (SSSR count). The molecule has 1 atom stereocenters. The zero-order valence-electron chi connectivity index (χ0n) is 10.8. The lowest BCUT2D eigenvalue weighted by molar-refractivity contribution is -0.122. The Morgan fingerprint density at radius 2 is 1.95 bits per heavy atom. The van der Waals surface area contributed by atoms with Gasteiger partial charge in [0.15, 0.2) is 6.29 Å². The van der Waals surface area contributed by atoms with E-state index in [-0.39, 0.29) is 18.4 Å². The van der Waals surface area contributed by atoms with Crippen molar-refractivity contribution in [3.63, 3.8) is 0 Å². The number of likely N-dealkylation sites (N-methyl/N-ethyl adjacent to an activating group) is 1. The summed E-state index contributed by atoms with van der Waals surface area (Å²) in [4.78, 5) is 32.4. The van der Waals surface area contributed by atoms with Gasteiger partial charge in [-0.2, -0.15) is 0 Å². The van der Waals surface area contributed by atoms with E-state index >= 15 is 0 Å². The second-order valence-corrected chi connectivity index (χ2v) is 3.96. The second kappa shape index (κ2) is 8.02. The van der Waals surface area contributed by atoms with Crippen LogP contribution in [0.2, 0.25) is 0 Å². The molecule has 0 bridgehead atoms. The molecule has 0 fully saturated rings. The van der Waals surface area contributed by atoms with E-state index in [1.165, 1.54) is 0 Å². The van der Waals surface area contributed by atoms with Crippen LogP contribution in [-0.4, -0.2) is 32.1 Å². The SMILES string of the molecule is CNC(=O)C(CCC=O)c1ccc(OCC=O)cc1. The molecule has 1 aromatic rings. The first-order chi connectivity index (χ1) is 9.22. The minimum absolute atomic E-state index is 0.00334. The normalized spacial score (nSPS) is 11.4. The molecule has 1 N–H and O–H groups in total. The van der Waals surface area contributed by atoms with E-state index < -0.39 is 0 Å². The molecule has 0 aromatic heterocycles. The highest BCUT2D eigenvalue weighted by Gasteiger charge is 2.18. The third kappa shape index (κ3) is 4.54. The minimum atomic E-state index is -0.352. The summed E-state index contributed by atoms with van der Waals surface area (Å²) in [5.74, 6) is 0.0978. The third-order valence-electron chi connectivity index (χ3n) is 2.74. The second-order valence-electron chi connectivity index (χ2n) is 3.96. The van der Waals surface area contributed by atoms with Crippen molar-refractivity contribution in [2.24, 2.45) is 0 Å². The average Bonchev–Trinajstić information content (AvgIpc) is 2.46. The summed E-state index contributed by atoms with van der Waals surface area (Å²) < 4.78 is 5.13. The van der Waals surface area contributed by atoms with Gasteiger partial charge in [-0.25, -0.2) is 0 Å². The van der Waals surface area contributed by atoms with Crippen LogP contribution < -0.4 is 10.1 Å². The lowest BCUT2D eigenvalue weighted by Gasteiger charge is -2.15. The molecule has 0 heterocycles. The maximum Gasteiger partial charge on any atom is 0.227 e. The highest BCUT2D eigenvalue weighted by molar-refractivity contribution is 5.83. The van der Waals surface area contributed by atoms with Gasteiger partial charge < -0.3 is 14.8 Å². The number of benzene rings is 1. The molecule has 0 saturated heterocycles. The zero-order valence-corrected chi connectivity index (χ0v) is 10.8. The van der Waals surface area contributed by atoms with Crippen molar-refractivity contribution in [3.8, 4) is 5.75 Å². The molecule has 0 spiro atoms. The monoisotopic (exact) mass is 263 g/mol. The molecule has 0 radical (unpaired) electrons. The van der Waals surface area contributed by atoms with Crippen LogP contribution in [0.4, 0.5) is 0 Å². The molecule has 5 nitrogen and oxygen atoms in total. The van der Waals surface area contributed by atoms with Crippen LogP contribution in [0.25, 0.3) is 0 Å². The first-order valence-electron chi connectivity index (χ1n) is 6.04. The van der Waals surface area contributed by atoms with Crippen molar-refractivity contribution in [1.82, 2.24) is 5.32 Å². The number of amides is 1. The third-order valence-corrected chi connectivity index (χ3v) is 2.74. The molecular weight excluding hydrogens is 246 g/mol. The molecule has 0 saturated carbocycles. The van der Waals surface area contributed by atoms with Crippen molar-refractivity contribution in [2.45, 2.75) is 18.8 Å². The molecule has 19 heavy (non-hydrogen) atoms. The maximum atomic E-state index is 11.8. The van der Waals surface area contributed by atoms with E-state index in [1.54, 1.807) is 31.3 Å². The Labute approximate surface area is 111 Å². The number of rotatable bonds is 8. The molecule has 0 aliphatic rings. The van der Waals surface area contributed by atoms with Gasteiger partial charge in [0.1, 0.15) is 18.6 Å². The first-order valence-corrected chi connectivity index (χ1v) is 6.04. The number of nitrogens with one attached hydrogen (secondary N) is 1. The Morgan fingerprint density at radius 3 is 2.47 bits per heavy atom. The van der Waals surface area contributed by atoms with Crippen molar-refractivity contribution in [3.05, 3.63) is 29.8 Å². The smallest absolute Gasteiger partial charge is 0.227 e. The number of ether oxygens (including phenoxy) is 1. The van der Waals surface area contributed by atoms with Crippen LogP contribution in [0.5, 0.6) is 5.75 Å². The molecule has 1 amide bonds. The summed E-state index contributed by atoms with van der Waals surface area (Å²) >= 11 is 0. The molecule has 0 aliphatic carbocycles. The number of hydrogen-bond acceptors (Lipinski definition) is 4. The fraction of sp³-hybridized carbons (Fsp3) is 0.357. The van der Waals surface area contributed by atoms with Gasteiger partial charge in [-0.15, -0.1) is 0 Å². The highest BCUT2D eigenvalue weighted by atomic mass is 16.5. The standard InChI is InChI=1S/C14H17NO4/c1-15-14(18)13(3-2-8-16)11-4-6-12(7-5-11)19-10-9-17/h4-9,13H,2-3,10H2,1H3,(H,15,18). The fourth-order valence-electron chi connectivity index (χ4n) is 1.78. The number of hydrogen-bond donors (Lipinski definition) is 1. The maximum absolute atomic E-state index is 11.8. The van der Waals surface area contributed by atoms with Crippen LogP contribution in [0.3, 0.4) is 0 Å². The van der Waals surface area contributed by atoms with Gasteiger partial charge in [0.25, 0.3) is 0 Å². The molecule has 5 heteroatoms. The van der Waals surface area contributed by atoms with Crippen molar-refractivity contribution in [1.29, 1.82) is 0 Å². The summed E-state index contributed by atoms with van der Waals surface area (Å²) in [6, 6.07) is 6.95. The zero-order chi connectivity index (χ0) is 14.1. The summed E-state index contributed by atoms with van der Waals surface area (Å²) in [6.45, 7) is 0.00334. The summed E-state index contributed by atoms with van der Waals surface area (Å²) in [5.41, 5.74) is 0.819. The quantitative estimate of drug-likeness (QED) is 0.712. The van der Waals surface area contributed by atoms with Crippen molar-refractivity contribution < 1.29 is 19.1 Å². The molecule has 1 unspecified atom stereocenters. The Kier molecular flexibility index (Phi) is 6.29. The number of aldehydes is 2. The predicted molar refractivity (Wildman–Crippen MR) is 70.1 cm³/mol. The van der Waals surface area contributed by atoms with E-state index in [0.717, 1.165) is 11.8 Å². The van der Waals surface area contributed by atoms with Crippen molar-refractivity contribution in [2.75, 3.05) is 13.7 Å². The van der Waals surface area contributed by atoms with Gasteiger partial charge in [-0.3, -0.25) is 9.59 Å². The Morgan fingerprint density at radius 1 is 1.26 bits per heavy atom. The molecule has 102 valence electrons. The first kappa shape index (κ1) is 14.9. The lowest BCUT2D eigenvalue weighted by atomic mass is 9.93. The van der Waals surface area contributed by atoms with Gasteiger partial charge in [-0.05, 0) is 24.1 Å². The van der Waals surface area contributed by atoms with Gasteiger partial charge >= 0.3 is 0 Å². The van der Waals surface area contributed by atoms with E-state index in [4.69, 9.17) is 4.74 Å². The average molecular weight is 263 g/mol. The Bertz CT molecular complexity index is 428. The largest absolute Gasteiger partial charge is 0.486 e. The van der Waals surface area contributed by atoms with Crippen LogP contribution in [-0.2, 0) is 14.4 Å². The van der Waals surface area contributed by atoms with Crippen LogP contribution in [0.15, 0.2) is 24.3 Å². The molecule has 0 aliphatic heterocycles. The Hall–Kier alpha value is -2.17. The summed E-state index contributed by atoms with van der Waals surface area (Å²) in [7, 11) is 1.57. The van der Waals surface area contributed by atoms with Gasteiger partial charge in [0.2, 0.25) is 5.91 Å². The van der Waals surface area contributed by atoms with Crippen LogP contribution in [0, 0.1) is 0 Å². The van der Waals surface area contributed by atoms with E-state index in [9.17, 15) is 14.4 Å². The minimum Gasteiger partial charge on any atom is -0.486 e. The summed E-state index contributed by atoms with van der Waals surface area (Å²) in [6.07, 6.45) is 2.28. The van der Waals surface area contributed by atoms with Crippen LogP contribution in [0.1, 0.15) is 24.3 Å². The number of carbonyl (C=O) groups excluding carboxylic acids is 3. The topological polar surface area (TPSA) is 72.5 Å². The van der Waals surface area contributed by atoms with Gasteiger partial charge in [-0.1, -0.05) is 12.1 Å². The highest BCUT2D eigenvalue weighted by Crippen LogP contribution is 2.23. The summed E-state index contributed by atoms with van der Waals surface area (Å²) in [5, 5.41) is 2.59. The molecular formula is C14H17NO4. The van der Waals surface area contributed by atoms with E-state index in [0.29, 0.717) is 24.9 Å². The van der Waals surface area contributed by atoms with Crippen LogP contribution >= 0.6 is 0 Å². The number of carbonyl (C=O) groups is 3. The molecule has 1 aromatic carbocycles. The van der Waals surface area contributed by atoms with Gasteiger partial charge in [0.05, 0.1) is 5.92 Å². The fourth-order valence-corrected chi connectivity index (χ4v) is 1.78. The van der Waals surface area contributed by atoms with E-state index in [1.807, 2.05) is 0 Å². The van der Waals surface area contributed by atoms with Crippen molar-refractivity contribution >= 4 is 18.5 Å². The Balaban J connectivity index is 2.80. The van der Waals surface area contributed by atoms with E-state index in [2.05, 4.69) is 5.32 Å².